The number of imidazole rings is 1. The summed E-state index contributed by atoms with van der Waals surface area (Å²) in [7, 11) is 0. The third kappa shape index (κ3) is 4.86. The van der Waals surface area contributed by atoms with E-state index in [4.69, 9.17) is 4.74 Å². The molecule has 1 aliphatic rings. The lowest BCUT2D eigenvalue weighted by atomic mass is 10.2. The first kappa shape index (κ1) is 22.2. The average Bonchev–Trinajstić information content (AvgIpc) is 3.59. The molecule has 1 saturated heterocycles. The van der Waals surface area contributed by atoms with Crippen LogP contribution in [0.25, 0.3) is 16.9 Å². The number of amides is 2. The third-order valence-electron chi connectivity index (χ3n) is 5.42. The lowest BCUT2D eigenvalue weighted by Gasteiger charge is -2.14. The van der Waals surface area contributed by atoms with Gasteiger partial charge < -0.3 is 14.6 Å². The Morgan fingerprint density at radius 2 is 2.17 bits per heavy atom. The predicted molar refractivity (Wildman–Crippen MR) is 122 cm³/mol. The predicted octanol–water partition coefficient (Wildman–Crippen LogP) is 2.17. The summed E-state index contributed by atoms with van der Waals surface area (Å²) in [6.07, 6.45) is 7.53. The number of halogens is 1. The first-order chi connectivity index (χ1) is 17.0. The van der Waals surface area contributed by atoms with Gasteiger partial charge in [0, 0.05) is 31.1 Å². The smallest absolute Gasteiger partial charge is 0.414 e. The molecular weight excluding hydrogens is 455 g/mol. The zero-order valence-electron chi connectivity index (χ0n) is 18.7. The van der Waals surface area contributed by atoms with Crippen molar-refractivity contribution in [1.82, 2.24) is 34.8 Å². The molecule has 1 aromatic carbocycles. The van der Waals surface area contributed by atoms with Gasteiger partial charge in [-0.2, -0.15) is 0 Å². The molecule has 1 aliphatic heterocycles. The molecule has 4 aromatic rings. The van der Waals surface area contributed by atoms with Crippen LogP contribution in [0.1, 0.15) is 12.6 Å². The van der Waals surface area contributed by atoms with Gasteiger partial charge in [-0.1, -0.05) is 5.21 Å². The van der Waals surface area contributed by atoms with Crippen LogP contribution in [-0.4, -0.2) is 60.7 Å². The quantitative estimate of drug-likeness (QED) is 0.434. The van der Waals surface area contributed by atoms with Gasteiger partial charge in [0.1, 0.15) is 17.5 Å². The van der Waals surface area contributed by atoms with Crippen molar-refractivity contribution in [2.24, 2.45) is 0 Å². The molecule has 12 heteroatoms. The van der Waals surface area contributed by atoms with E-state index in [2.05, 4.69) is 25.6 Å². The highest BCUT2D eigenvalue weighted by Gasteiger charge is 2.32. The summed E-state index contributed by atoms with van der Waals surface area (Å²) in [5, 5.41) is 10.8. The van der Waals surface area contributed by atoms with Gasteiger partial charge in [-0.15, -0.1) is 5.10 Å². The lowest BCUT2D eigenvalue weighted by molar-refractivity contribution is -0.119. The number of pyridine rings is 1. The summed E-state index contributed by atoms with van der Waals surface area (Å²) in [6, 6.07) is 8.14. The van der Waals surface area contributed by atoms with Crippen molar-refractivity contribution in [3.63, 3.8) is 0 Å². The molecule has 5 rings (SSSR count). The molecule has 35 heavy (non-hydrogen) atoms. The molecule has 0 radical (unpaired) electrons. The molecule has 1 atom stereocenters. The number of anilines is 1. The lowest BCUT2D eigenvalue weighted by Crippen LogP contribution is -2.33. The normalized spacial score (nSPS) is 15.3. The van der Waals surface area contributed by atoms with Crippen LogP contribution in [-0.2, 0) is 16.1 Å². The molecule has 1 fully saturated rings. The monoisotopic (exact) mass is 476 g/mol. The summed E-state index contributed by atoms with van der Waals surface area (Å²) in [6.45, 7) is 2.19. The molecule has 0 spiro atoms. The van der Waals surface area contributed by atoms with Crippen LogP contribution in [0.4, 0.5) is 14.9 Å². The Labute approximate surface area is 199 Å². The molecule has 11 nitrogen and oxygen atoms in total. The van der Waals surface area contributed by atoms with E-state index in [1.165, 1.54) is 28.6 Å². The minimum absolute atomic E-state index is 0.191. The number of ether oxygens (including phenoxy) is 1. The fourth-order valence-corrected chi connectivity index (χ4v) is 3.73. The van der Waals surface area contributed by atoms with Gasteiger partial charge in [0.25, 0.3) is 0 Å². The Hall–Kier alpha value is -4.61. The van der Waals surface area contributed by atoms with E-state index in [0.29, 0.717) is 17.9 Å². The maximum Gasteiger partial charge on any atom is 0.414 e. The summed E-state index contributed by atoms with van der Waals surface area (Å²) < 4.78 is 23.4. The average molecular weight is 476 g/mol. The van der Waals surface area contributed by atoms with E-state index in [9.17, 15) is 14.0 Å². The van der Waals surface area contributed by atoms with Gasteiger partial charge in [-0.3, -0.25) is 14.7 Å². The Kier molecular flexibility index (Phi) is 5.92. The fraction of sp³-hybridized carbons (Fsp3) is 0.217. The summed E-state index contributed by atoms with van der Waals surface area (Å²) in [5.74, 6) is -0.789. The van der Waals surface area contributed by atoms with Gasteiger partial charge >= 0.3 is 6.09 Å². The second-order valence-corrected chi connectivity index (χ2v) is 8.02. The SMILES string of the molecule is CC(=O)NC[C@H]1CN(c2ccc(-n3cc(Cn4cnc(-c5cccnc5)c4)nn3)c(F)c2)C(=O)O1. The number of benzene rings is 1. The molecule has 1 N–H and O–H groups in total. The molecule has 0 aliphatic carbocycles. The molecule has 0 saturated carbocycles. The Bertz CT molecular complexity index is 1370. The van der Waals surface area contributed by atoms with Crippen LogP contribution in [0.3, 0.4) is 0 Å². The van der Waals surface area contributed by atoms with Gasteiger partial charge in [0.05, 0.1) is 43.5 Å². The van der Waals surface area contributed by atoms with Gasteiger partial charge in [0.2, 0.25) is 5.91 Å². The van der Waals surface area contributed by atoms with E-state index in [0.717, 1.165) is 11.3 Å². The largest absolute Gasteiger partial charge is 0.442 e. The molecule has 3 aromatic heterocycles. The van der Waals surface area contributed by atoms with Crippen LogP contribution < -0.4 is 10.2 Å². The van der Waals surface area contributed by atoms with Crippen LogP contribution in [0.5, 0.6) is 0 Å². The Balaban J connectivity index is 1.27. The van der Waals surface area contributed by atoms with E-state index in [-0.39, 0.29) is 24.7 Å². The maximum absolute atomic E-state index is 14.9. The van der Waals surface area contributed by atoms with E-state index in [1.807, 2.05) is 22.9 Å². The highest BCUT2D eigenvalue weighted by atomic mass is 19.1. The van der Waals surface area contributed by atoms with Crippen molar-refractivity contribution in [3.8, 4) is 16.9 Å². The zero-order chi connectivity index (χ0) is 24.4. The summed E-state index contributed by atoms with van der Waals surface area (Å²) >= 11 is 0. The maximum atomic E-state index is 14.9. The molecule has 4 heterocycles. The molecule has 2 amide bonds. The molecular formula is C23H21FN8O3. The van der Waals surface area contributed by atoms with Gasteiger partial charge in [-0.05, 0) is 30.3 Å². The minimum Gasteiger partial charge on any atom is -0.442 e. The number of nitrogens with zero attached hydrogens (tertiary/aromatic N) is 7. The van der Waals surface area contributed by atoms with Gasteiger partial charge in [-0.25, -0.2) is 18.9 Å². The Morgan fingerprint density at radius 1 is 1.29 bits per heavy atom. The second-order valence-electron chi connectivity index (χ2n) is 8.02. The van der Waals surface area contributed by atoms with Crippen molar-refractivity contribution in [2.75, 3.05) is 18.0 Å². The molecule has 0 unspecified atom stereocenters. The van der Waals surface area contributed by atoms with Crippen LogP contribution in [0.2, 0.25) is 0 Å². The number of hydrogen-bond donors (Lipinski definition) is 1. The number of nitrogens with one attached hydrogen (secondary N) is 1. The number of carbonyl (C=O) groups is 2. The number of carbonyl (C=O) groups excluding carboxylic acids is 2. The van der Waals surface area contributed by atoms with E-state index in [1.54, 1.807) is 31.0 Å². The van der Waals surface area contributed by atoms with E-state index < -0.39 is 18.0 Å². The number of cyclic esters (lactones) is 1. The minimum atomic E-state index is -0.596. The second kappa shape index (κ2) is 9.33. The Morgan fingerprint density at radius 3 is 2.94 bits per heavy atom. The third-order valence-corrected chi connectivity index (χ3v) is 5.42. The summed E-state index contributed by atoms with van der Waals surface area (Å²) in [5.41, 5.74) is 2.85. The van der Waals surface area contributed by atoms with Crippen molar-refractivity contribution in [1.29, 1.82) is 0 Å². The first-order valence-corrected chi connectivity index (χ1v) is 10.8. The molecule has 178 valence electrons. The van der Waals surface area contributed by atoms with Gasteiger partial charge in [0.15, 0.2) is 5.82 Å². The van der Waals surface area contributed by atoms with Crippen molar-refractivity contribution >= 4 is 17.7 Å². The van der Waals surface area contributed by atoms with Crippen LogP contribution in [0, 0.1) is 5.82 Å². The van der Waals surface area contributed by atoms with Crippen molar-refractivity contribution < 1.29 is 18.7 Å². The zero-order valence-corrected chi connectivity index (χ0v) is 18.7. The highest BCUT2D eigenvalue weighted by Crippen LogP contribution is 2.25. The van der Waals surface area contributed by atoms with Crippen LogP contribution in [0.15, 0.2) is 61.4 Å². The number of rotatable bonds is 7. The van der Waals surface area contributed by atoms with Crippen molar-refractivity contribution in [2.45, 2.75) is 19.6 Å². The van der Waals surface area contributed by atoms with Crippen LogP contribution >= 0.6 is 0 Å². The van der Waals surface area contributed by atoms with Crippen molar-refractivity contribution in [3.05, 3.63) is 73.0 Å². The number of hydrogen-bond acceptors (Lipinski definition) is 7. The highest BCUT2D eigenvalue weighted by molar-refractivity contribution is 5.90. The molecule has 0 bridgehead atoms. The fourth-order valence-electron chi connectivity index (χ4n) is 3.73. The first-order valence-electron chi connectivity index (χ1n) is 10.8. The van der Waals surface area contributed by atoms with E-state index >= 15 is 0 Å². The standard InChI is InChI=1S/C23H21FN8O3/c1-15(33)26-9-19-12-31(23(34)35-19)18-4-5-22(20(24)7-18)32-11-17(28-29-32)10-30-13-21(27-14-30)16-3-2-6-25-8-16/h2-8,11,13-14,19H,9-10,12H2,1H3,(H,26,33)/t19-/m0/s1. The topological polar surface area (TPSA) is 120 Å². The summed E-state index contributed by atoms with van der Waals surface area (Å²) in [4.78, 5) is 33.1. The number of aromatic nitrogens is 6.